The molecule has 0 amide bonds. The van der Waals surface area contributed by atoms with Gasteiger partial charge in [0.15, 0.2) is 11.5 Å². The van der Waals surface area contributed by atoms with Gasteiger partial charge in [0.2, 0.25) is 12.6 Å². The van der Waals surface area contributed by atoms with Gasteiger partial charge in [-0.2, -0.15) is 4.98 Å². The van der Waals surface area contributed by atoms with Crippen LogP contribution in [0.2, 0.25) is 0 Å². The fourth-order valence-corrected chi connectivity index (χ4v) is 4.00. The maximum Gasteiger partial charge on any atom is 0.329 e. The van der Waals surface area contributed by atoms with Gasteiger partial charge in [0.05, 0.1) is 17.4 Å². The van der Waals surface area contributed by atoms with Crippen LogP contribution in [-0.4, -0.2) is 26.5 Å². The van der Waals surface area contributed by atoms with E-state index in [0.717, 1.165) is 21.3 Å². The van der Waals surface area contributed by atoms with Crippen molar-refractivity contribution < 1.29 is 14.0 Å². The lowest BCUT2D eigenvalue weighted by atomic mass is 10.1. The highest BCUT2D eigenvalue weighted by Crippen LogP contribution is 2.32. The van der Waals surface area contributed by atoms with Crippen LogP contribution in [0.15, 0.2) is 74.8 Å². The van der Waals surface area contributed by atoms with Crippen LogP contribution in [0.5, 0.6) is 11.5 Å². The van der Waals surface area contributed by atoms with Gasteiger partial charge in [-0.05, 0) is 48.9 Å². The van der Waals surface area contributed by atoms with Gasteiger partial charge in [0.25, 0.3) is 11.4 Å². The van der Waals surface area contributed by atoms with Crippen molar-refractivity contribution >= 4 is 10.9 Å². The molecule has 34 heavy (non-hydrogen) atoms. The first kappa shape index (κ1) is 20.0. The van der Waals surface area contributed by atoms with Crippen LogP contribution in [0.4, 0.5) is 0 Å². The van der Waals surface area contributed by atoms with Gasteiger partial charge >= 0.3 is 5.69 Å². The summed E-state index contributed by atoms with van der Waals surface area (Å²) in [6, 6.07) is 18.2. The van der Waals surface area contributed by atoms with E-state index in [9.17, 15) is 9.59 Å². The number of aromatic nitrogens is 4. The number of aryl methyl sites for hydroxylation is 1. The lowest BCUT2D eigenvalue weighted by Gasteiger charge is -2.08. The van der Waals surface area contributed by atoms with Crippen LogP contribution >= 0.6 is 0 Å². The van der Waals surface area contributed by atoms with Crippen LogP contribution in [-0.2, 0) is 6.54 Å². The van der Waals surface area contributed by atoms with Gasteiger partial charge < -0.3 is 19.0 Å². The van der Waals surface area contributed by atoms with E-state index in [-0.39, 0.29) is 13.3 Å². The molecule has 1 aliphatic heterocycles. The monoisotopic (exact) mass is 454 g/mol. The third kappa shape index (κ3) is 3.43. The highest BCUT2D eigenvalue weighted by atomic mass is 16.7. The first-order valence-corrected chi connectivity index (χ1v) is 10.6. The number of hydrogen-bond donors (Lipinski definition) is 1. The molecule has 0 bridgehead atoms. The molecule has 0 atom stereocenters. The van der Waals surface area contributed by atoms with Crippen molar-refractivity contribution in [3.05, 3.63) is 92.6 Å². The number of aromatic amines is 1. The van der Waals surface area contributed by atoms with Gasteiger partial charge in [0.1, 0.15) is 0 Å². The molecule has 0 saturated carbocycles. The molecule has 168 valence electrons. The summed E-state index contributed by atoms with van der Waals surface area (Å²) in [6.45, 7) is 2.25. The first-order valence-electron chi connectivity index (χ1n) is 10.6. The smallest absolute Gasteiger partial charge is 0.329 e. The van der Waals surface area contributed by atoms with E-state index in [0.29, 0.717) is 39.7 Å². The summed E-state index contributed by atoms with van der Waals surface area (Å²) in [5.74, 6) is 2.00. The molecule has 3 heterocycles. The van der Waals surface area contributed by atoms with Gasteiger partial charge in [-0.1, -0.05) is 35.0 Å². The molecule has 9 nitrogen and oxygen atoms in total. The Labute approximate surface area is 192 Å². The molecule has 9 heteroatoms. The molecule has 0 fully saturated rings. The molecule has 0 aliphatic carbocycles. The summed E-state index contributed by atoms with van der Waals surface area (Å²) in [5.41, 5.74) is 2.77. The number of H-pyrrole nitrogens is 1. The van der Waals surface area contributed by atoms with E-state index >= 15 is 0 Å². The van der Waals surface area contributed by atoms with Crippen LogP contribution in [0, 0.1) is 6.92 Å². The molecule has 0 radical (unpaired) electrons. The molecule has 3 aromatic carbocycles. The standard InChI is InChI=1S/C25H18N4O5/c1-14-3-2-4-16(9-14)22-27-23(34-28-22)17-6-7-18-19(11-17)26-25(31)29(24(18)30)12-15-5-8-20-21(10-15)33-13-32-20/h2-11H,12-13H2,1H3,(H,26,31). The maximum atomic E-state index is 13.1. The molecule has 0 unspecified atom stereocenters. The van der Waals surface area contributed by atoms with Crippen molar-refractivity contribution in [3.63, 3.8) is 0 Å². The minimum atomic E-state index is -0.515. The molecule has 2 aromatic heterocycles. The largest absolute Gasteiger partial charge is 0.454 e. The van der Waals surface area contributed by atoms with E-state index in [1.54, 1.807) is 36.4 Å². The quantitative estimate of drug-likeness (QED) is 0.442. The molecule has 6 rings (SSSR count). The number of hydrogen-bond acceptors (Lipinski definition) is 7. The third-order valence-electron chi connectivity index (χ3n) is 5.71. The Bertz CT molecular complexity index is 1680. The Morgan fingerprint density at radius 2 is 1.85 bits per heavy atom. The summed E-state index contributed by atoms with van der Waals surface area (Å²) in [7, 11) is 0. The third-order valence-corrected chi connectivity index (χ3v) is 5.71. The number of nitrogens with one attached hydrogen (secondary N) is 1. The summed E-state index contributed by atoms with van der Waals surface area (Å²) in [5, 5.41) is 4.44. The minimum absolute atomic E-state index is 0.103. The average Bonchev–Trinajstić information content (AvgIpc) is 3.51. The summed E-state index contributed by atoms with van der Waals surface area (Å²) in [6.07, 6.45) is 0. The van der Waals surface area contributed by atoms with Crippen LogP contribution < -0.4 is 20.7 Å². The van der Waals surface area contributed by atoms with Gasteiger partial charge in [0, 0.05) is 11.1 Å². The molecule has 0 saturated heterocycles. The van der Waals surface area contributed by atoms with Crippen LogP contribution in [0.25, 0.3) is 33.7 Å². The average molecular weight is 454 g/mol. The van der Waals surface area contributed by atoms with Crippen LogP contribution in [0.3, 0.4) is 0 Å². The zero-order valence-electron chi connectivity index (χ0n) is 18.1. The number of benzene rings is 3. The van der Waals surface area contributed by atoms with Crippen molar-refractivity contribution in [2.45, 2.75) is 13.5 Å². The normalized spacial score (nSPS) is 12.4. The highest BCUT2D eigenvalue weighted by molar-refractivity contribution is 5.82. The SMILES string of the molecule is Cc1cccc(-c2noc(-c3ccc4c(=O)n(Cc5ccc6c(c5)OCO6)c(=O)[nH]c4c3)n2)c1. The second-order valence-electron chi connectivity index (χ2n) is 8.06. The van der Waals surface area contributed by atoms with E-state index < -0.39 is 11.2 Å². The fraction of sp³-hybridized carbons (Fsp3) is 0.120. The van der Waals surface area contributed by atoms with Gasteiger partial charge in [-0.25, -0.2) is 4.79 Å². The predicted molar refractivity (Wildman–Crippen MR) is 124 cm³/mol. The number of rotatable bonds is 4. The van der Waals surface area contributed by atoms with E-state index in [1.165, 1.54) is 0 Å². The van der Waals surface area contributed by atoms with Crippen molar-refractivity contribution in [1.29, 1.82) is 0 Å². The molecule has 5 aromatic rings. The number of nitrogens with zero attached hydrogens (tertiary/aromatic N) is 3. The Morgan fingerprint density at radius 1 is 0.971 bits per heavy atom. The van der Waals surface area contributed by atoms with E-state index in [1.807, 2.05) is 31.2 Å². The van der Waals surface area contributed by atoms with Crippen molar-refractivity contribution in [3.8, 4) is 34.3 Å². The fourth-order valence-electron chi connectivity index (χ4n) is 4.00. The first-order chi connectivity index (χ1) is 16.5. The van der Waals surface area contributed by atoms with Crippen LogP contribution in [0.1, 0.15) is 11.1 Å². The number of ether oxygens (including phenoxy) is 2. The second-order valence-corrected chi connectivity index (χ2v) is 8.06. The Kier molecular flexibility index (Phi) is 4.54. The Hall–Kier alpha value is -4.66. The molecule has 0 spiro atoms. The van der Waals surface area contributed by atoms with Crippen molar-refractivity contribution in [2.24, 2.45) is 0 Å². The molecular formula is C25H18N4O5. The lowest BCUT2D eigenvalue weighted by molar-refractivity contribution is 0.174. The Balaban J connectivity index is 1.35. The van der Waals surface area contributed by atoms with E-state index in [4.69, 9.17) is 14.0 Å². The summed E-state index contributed by atoms with van der Waals surface area (Å²) < 4.78 is 17.3. The zero-order valence-corrected chi connectivity index (χ0v) is 18.1. The van der Waals surface area contributed by atoms with Crippen molar-refractivity contribution in [2.75, 3.05) is 6.79 Å². The lowest BCUT2D eigenvalue weighted by Crippen LogP contribution is -2.35. The van der Waals surface area contributed by atoms with E-state index in [2.05, 4.69) is 15.1 Å². The maximum absolute atomic E-state index is 13.1. The summed E-state index contributed by atoms with van der Waals surface area (Å²) >= 11 is 0. The predicted octanol–water partition coefficient (Wildman–Crippen LogP) is 3.49. The molecular weight excluding hydrogens is 436 g/mol. The van der Waals surface area contributed by atoms with Gasteiger partial charge in [-0.3, -0.25) is 9.36 Å². The minimum Gasteiger partial charge on any atom is -0.454 e. The Morgan fingerprint density at radius 3 is 2.74 bits per heavy atom. The van der Waals surface area contributed by atoms with Crippen molar-refractivity contribution in [1.82, 2.24) is 19.7 Å². The highest BCUT2D eigenvalue weighted by Gasteiger charge is 2.16. The molecule has 1 N–H and O–H groups in total. The molecule has 1 aliphatic rings. The summed E-state index contributed by atoms with van der Waals surface area (Å²) in [4.78, 5) is 33.1. The van der Waals surface area contributed by atoms with Gasteiger partial charge in [-0.15, -0.1) is 0 Å². The second kappa shape index (κ2) is 7.73. The zero-order chi connectivity index (χ0) is 23.2. The number of fused-ring (bicyclic) bond motifs is 2. The topological polar surface area (TPSA) is 112 Å².